The van der Waals surface area contributed by atoms with Gasteiger partial charge in [0.2, 0.25) is 5.88 Å². The maximum Gasteiger partial charge on any atom is 0.354 e. The van der Waals surface area contributed by atoms with Gasteiger partial charge in [0.05, 0.1) is 13.2 Å². The molecule has 0 unspecified atom stereocenters. The van der Waals surface area contributed by atoms with E-state index >= 15 is 0 Å². The van der Waals surface area contributed by atoms with Crippen molar-refractivity contribution in [3.8, 4) is 5.88 Å². The van der Waals surface area contributed by atoms with E-state index in [9.17, 15) is 4.79 Å². The van der Waals surface area contributed by atoms with E-state index in [1.165, 1.54) is 0 Å². The Morgan fingerprint density at radius 1 is 1.41 bits per heavy atom. The zero-order valence-corrected chi connectivity index (χ0v) is 11.6. The van der Waals surface area contributed by atoms with Gasteiger partial charge in [0.25, 0.3) is 0 Å². The van der Waals surface area contributed by atoms with Gasteiger partial charge < -0.3 is 14.6 Å². The minimum absolute atomic E-state index is 0.0238. The van der Waals surface area contributed by atoms with Crippen LogP contribution in [0.5, 0.6) is 5.88 Å². The van der Waals surface area contributed by atoms with Crippen molar-refractivity contribution in [3.63, 3.8) is 0 Å². The molecule has 0 radical (unpaired) electrons. The molecule has 1 N–H and O–H groups in total. The Bertz CT molecular complexity index is 384. The number of hydrogen-bond donors (Lipinski definition) is 1. The molecule has 0 aliphatic rings. The van der Waals surface area contributed by atoms with Gasteiger partial charge in [-0.1, -0.05) is 28.7 Å². The molecule has 6 heteroatoms. The first-order valence-corrected chi connectivity index (χ1v) is 6.65. The largest absolute Gasteiger partial charge is 0.477 e. The fraction of sp³-hybridized carbons (Fsp3) is 0.455. The minimum atomic E-state index is -1.05. The van der Waals surface area contributed by atoms with E-state index in [0.717, 1.165) is 4.43 Å². The third-order valence-corrected chi connectivity index (χ3v) is 2.41. The van der Waals surface area contributed by atoms with Crippen LogP contribution in [0.3, 0.4) is 0 Å². The molecule has 0 spiro atoms. The summed E-state index contributed by atoms with van der Waals surface area (Å²) in [5.74, 6) is -0.736. The lowest BCUT2D eigenvalue weighted by Crippen LogP contribution is -2.10. The van der Waals surface area contributed by atoms with Crippen LogP contribution in [0.25, 0.3) is 0 Å². The lowest BCUT2D eigenvalue weighted by Gasteiger charge is -2.07. The lowest BCUT2D eigenvalue weighted by molar-refractivity contribution is 0.0687. The molecule has 0 saturated heterocycles. The Labute approximate surface area is 113 Å². The quantitative estimate of drug-likeness (QED) is 0.462. The minimum Gasteiger partial charge on any atom is -0.477 e. The number of carboxylic acids is 1. The topological polar surface area (TPSA) is 68.7 Å². The van der Waals surface area contributed by atoms with Crippen molar-refractivity contribution in [2.45, 2.75) is 6.92 Å². The highest BCUT2D eigenvalue weighted by molar-refractivity contribution is 14.1. The van der Waals surface area contributed by atoms with Crippen molar-refractivity contribution in [1.29, 1.82) is 0 Å². The average molecular weight is 351 g/mol. The Morgan fingerprint density at radius 2 is 2.18 bits per heavy atom. The van der Waals surface area contributed by atoms with Gasteiger partial charge in [-0.2, -0.15) is 0 Å². The molecule has 1 rings (SSSR count). The van der Waals surface area contributed by atoms with Crippen molar-refractivity contribution in [2.75, 3.05) is 24.2 Å². The number of carbonyl (C=O) groups is 1. The number of carboxylic acid groups (broad SMARTS) is 1. The van der Waals surface area contributed by atoms with Crippen LogP contribution in [-0.4, -0.2) is 40.3 Å². The van der Waals surface area contributed by atoms with E-state index in [0.29, 0.717) is 31.3 Å². The molecule has 0 atom stereocenters. The average Bonchev–Trinajstić information content (AvgIpc) is 2.30. The summed E-state index contributed by atoms with van der Waals surface area (Å²) >= 11 is 2.22. The van der Waals surface area contributed by atoms with Crippen LogP contribution < -0.4 is 4.74 Å². The predicted octanol–water partition coefficient (Wildman–Crippen LogP) is 1.92. The highest BCUT2D eigenvalue weighted by Gasteiger charge is 2.10. The predicted molar refractivity (Wildman–Crippen MR) is 71.1 cm³/mol. The van der Waals surface area contributed by atoms with Crippen LogP contribution in [0.1, 0.15) is 16.1 Å². The molecule has 1 heterocycles. The Hall–Kier alpha value is -0.890. The number of alkyl halides is 1. The number of aryl methyl sites for hydroxylation is 1. The van der Waals surface area contributed by atoms with Gasteiger partial charge in [-0.15, -0.1) is 0 Å². The molecule has 17 heavy (non-hydrogen) atoms. The van der Waals surface area contributed by atoms with Gasteiger partial charge in [-0.25, -0.2) is 9.78 Å². The van der Waals surface area contributed by atoms with Gasteiger partial charge in [0.15, 0.2) is 5.69 Å². The zero-order chi connectivity index (χ0) is 12.7. The summed E-state index contributed by atoms with van der Waals surface area (Å²) in [6, 6.07) is 3.33. The number of nitrogens with zero attached hydrogens (tertiary/aromatic N) is 1. The summed E-state index contributed by atoms with van der Waals surface area (Å²) in [7, 11) is 0. The van der Waals surface area contributed by atoms with Crippen LogP contribution in [0, 0.1) is 6.92 Å². The number of hydrogen-bond acceptors (Lipinski definition) is 4. The second kappa shape index (κ2) is 7.44. The molecule has 0 aliphatic carbocycles. The Morgan fingerprint density at radius 3 is 2.82 bits per heavy atom. The number of halogens is 1. The summed E-state index contributed by atoms with van der Waals surface area (Å²) in [4.78, 5) is 14.8. The maximum atomic E-state index is 10.8. The first-order valence-electron chi connectivity index (χ1n) is 5.12. The standard InChI is InChI=1S/C11H14INO4/c1-8-2-3-9(13-10(8)11(14)15)17-7-6-16-5-4-12/h2-3H,4-7H2,1H3,(H,14,15). The first-order chi connectivity index (χ1) is 8.15. The molecular weight excluding hydrogens is 337 g/mol. The zero-order valence-electron chi connectivity index (χ0n) is 9.48. The van der Waals surface area contributed by atoms with Crippen LogP contribution in [0.2, 0.25) is 0 Å². The van der Waals surface area contributed by atoms with Crippen molar-refractivity contribution in [2.24, 2.45) is 0 Å². The van der Waals surface area contributed by atoms with E-state index < -0.39 is 5.97 Å². The van der Waals surface area contributed by atoms with E-state index in [4.69, 9.17) is 14.6 Å². The molecular formula is C11H14INO4. The van der Waals surface area contributed by atoms with E-state index in [-0.39, 0.29) is 5.69 Å². The second-order valence-electron chi connectivity index (χ2n) is 3.27. The molecule has 0 fully saturated rings. The van der Waals surface area contributed by atoms with Gasteiger partial charge in [0, 0.05) is 10.5 Å². The van der Waals surface area contributed by atoms with Crippen LogP contribution in [0.4, 0.5) is 0 Å². The van der Waals surface area contributed by atoms with Crippen molar-refractivity contribution in [1.82, 2.24) is 4.98 Å². The number of aromatic carboxylic acids is 1. The number of aromatic nitrogens is 1. The molecule has 0 aliphatic heterocycles. The van der Waals surface area contributed by atoms with E-state index in [2.05, 4.69) is 27.6 Å². The first kappa shape index (κ1) is 14.2. The SMILES string of the molecule is Cc1ccc(OCCOCCI)nc1C(=O)O. The van der Waals surface area contributed by atoms with E-state index in [1.54, 1.807) is 19.1 Å². The van der Waals surface area contributed by atoms with Gasteiger partial charge in [-0.3, -0.25) is 0 Å². The summed E-state index contributed by atoms with van der Waals surface area (Å²) in [6.07, 6.45) is 0. The monoisotopic (exact) mass is 351 g/mol. The third kappa shape index (κ3) is 4.86. The fourth-order valence-electron chi connectivity index (χ4n) is 1.17. The highest BCUT2D eigenvalue weighted by atomic mass is 127. The van der Waals surface area contributed by atoms with Gasteiger partial charge >= 0.3 is 5.97 Å². The highest BCUT2D eigenvalue weighted by Crippen LogP contribution is 2.12. The van der Waals surface area contributed by atoms with E-state index in [1.807, 2.05) is 0 Å². The fourth-order valence-corrected chi connectivity index (χ4v) is 1.48. The molecule has 1 aromatic rings. The second-order valence-corrected chi connectivity index (χ2v) is 4.35. The van der Waals surface area contributed by atoms with Crippen molar-refractivity contribution in [3.05, 3.63) is 23.4 Å². The summed E-state index contributed by atoms with van der Waals surface area (Å²) in [5.41, 5.74) is 0.640. The smallest absolute Gasteiger partial charge is 0.354 e. The third-order valence-electron chi connectivity index (χ3n) is 1.97. The Kier molecular flexibility index (Phi) is 6.20. The maximum absolute atomic E-state index is 10.8. The van der Waals surface area contributed by atoms with Crippen LogP contribution in [0.15, 0.2) is 12.1 Å². The molecule has 5 nitrogen and oxygen atoms in total. The van der Waals surface area contributed by atoms with Crippen molar-refractivity contribution < 1.29 is 19.4 Å². The number of pyridine rings is 1. The molecule has 0 aromatic carbocycles. The summed E-state index contributed by atoms with van der Waals surface area (Å²) in [5, 5.41) is 8.89. The van der Waals surface area contributed by atoms with Crippen molar-refractivity contribution >= 4 is 28.6 Å². The molecule has 0 saturated carbocycles. The normalized spacial score (nSPS) is 10.2. The molecule has 0 amide bonds. The number of ether oxygens (including phenoxy) is 2. The van der Waals surface area contributed by atoms with Gasteiger partial charge in [0.1, 0.15) is 6.61 Å². The summed E-state index contributed by atoms with van der Waals surface area (Å²) in [6.45, 7) is 3.22. The summed E-state index contributed by atoms with van der Waals surface area (Å²) < 4.78 is 11.5. The van der Waals surface area contributed by atoms with Crippen LogP contribution in [-0.2, 0) is 4.74 Å². The number of rotatable bonds is 7. The van der Waals surface area contributed by atoms with Crippen LogP contribution >= 0.6 is 22.6 Å². The molecule has 0 bridgehead atoms. The Balaban J connectivity index is 2.49. The molecule has 1 aromatic heterocycles. The molecule has 94 valence electrons. The lowest BCUT2D eigenvalue weighted by atomic mass is 10.2. The van der Waals surface area contributed by atoms with Gasteiger partial charge in [-0.05, 0) is 12.5 Å².